The summed E-state index contributed by atoms with van der Waals surface area (Å²) >= 11 is 0. The number of carbonyl (C=O) groups excluding carboxylic acids is 1. The van der Waals surface area contributed by atoms with E-state index in [0.717, 1.165) is 5.82 Å². The van der Waals surface area contributed by atoms with Crippen molar-refractivity contribution in [2.45, 2.75) is 6.92 Å². The number of nitrogens with zero attached hydrogens (tertiary/aromatic N) is 3. The number of fused-ring (bicyclic) bond motifs is 1. The van der Waals surface area contributed by atoms with Crippen molar-refractivity contribution in [1.82, 2.24) is 19.9 Å². The van der Waals surface area contributed by atoms with E-state index in [1.165, 1.54) is 7.11 Å². The summed E-state index contributed by atoms with van der Waals surface area (Å²) in [5.41, 5.74) is 1.74. The van der Waals surface area contributed by atoms with Gasteiger partial charge in [0.25, 0.3) is 5.91 Å². The zero-order chi connectivity index (χ0) is 15.0. The molecule has 0 radical (unpaired) electrons. The minimum Gasteiger partial charge on any atom is -0.496 e. The molecular formula is C14H14N4O3. The quantitative estimate of drug-likeness (QED) is 0.792. The minimum absolute atomic E-state index is 0.180. The Morgan fingerprint density at radius 2 is 2.24 bits per heavy atom. The van der Waals surface area contributed by atoms with Gasteiger partial charge in [-0.15, -0.1) is 5.10 Å². The van der Waals surface area contributed by atoms with Crippen LogP contribution in [0.2, 0.25) is 0 Å². The summed E-state index contributed by atoms with van der Waals surface area (Å²) < 4.78 is 12.6. The van der Waals surface area contributed by atoms with Gasteiger partial charge in [-0.3, -0.25) is 4.79 Å². The minimum atomic E-state index is -0.180. The van der Waals surface area contributed by atoms with Crippen molar-refractivity contribution in [3.05, 3.63) is 35.8 Å². The van der Waals surface area contributed by atoms with Gasteiger partial charge in [-0.2, -0.15) is 4.52 Å². The number of rotatable bonds is 3. The Balaban J connectivity index is 2.10. The molecule has 7 nitrogen and oxygen atoms in total. The molecular weight excluding hydrogens is 272 g/mol. The molecule has 1 aromatic carbocycles. The average molecular weight is 286 g/mol. The van der Waals surface area contributed by atoms with E-state index < -0.39 is 0 Å². The zero-order valence-electron chi connectivity index (χ0n) is 11.9. The topological polar surface area (TPSA) is 81.7 Å². The number of aromatic nitrogens is 3. The van der Waals surface area contributed by atoms with E-state index in [-0.39, 0.29) is 5.91 Å². The van der Waals surface area contributed by atoms with Gasteiger partial charge < -0.3 is 14.5 Å². The lowest BCUT2D eigenvalue weighted by atomic mass is 10.1. The van der Waals surface area contributed by atoms with E-state index in [2.05, 4.69) is 15.4 Å². The number of hydrogen-bond donors (Lipinski definition) is 1. The van der Waals surface area contributed by atoms with Crippen LogP contribution in [0.15, 0.2) is 28.8 Å². The molecule has 0 fully saturated rings. The van der Waals surface area contributed by atoms with Crippen LogP contribution in [0.4, 0.5) is 0 Å². The lowest BCUT2D eigenvalue weighted by molar-refractivity contribution is 0.0962. The van der Waals surface area contributed by atoms with Crippen LogP contribution in [0, 0.1) is 6.92 Å². The van der Waals surface area contributed by atoms with E-state index in [4.69, 9.17) is 9.15 Å². The van der Waals surface area contributed by atoms with E-state index >= 15 is 0 Å². The van der Waals surface area contributed by atoms with E-state index in [0.29, 0.717) is 28.5 Å². The zero-order valence-corrected chi connectivity index (χ0v) is 11.9. The monoisotopic (exact) mass is 286 g/mol. The smallest absolute Gasteiger partial charge is 0.251 e. The first kappa shape index (κ1) is 13.2. The molecule has 0 bridgehead atoms. The van der Waals surface area contributed by atoms with Crippen LogP contribution in [0.5, 0.6) is 5.75 Å². The first-order valence-electron chi connectivity index (χ1n) is 6.35. The Bertz CT molecular complexity index is 819. The summed E-state index contributed by atoms with van der Waals surface area (Å²) in [7, 11) is 3.12. The van der Waals surface area contributed by atoms with E-state index in [1.54, 1.807) is 36.0 Å². The molecule has 1 N–H and O–H groups in total. The fraction of sp³-hybridized carbons (Fsp3) is 0.214. The van der Waals surface area contributed by atoms with Crippen LogP contribution in [0.25, 0.3) is 17.2 Å². The van der Waals surface area contributed by atoms with Gasteiger partial charge in [-0.25, -0.2) is 4.98 Å². The molecule has 7 heteroatoms. The maximum absolute atomic E-state index is 11.7. The lowest BCUT2D eigenvalue weighted by Gasteiger charge is -2.07. The van der Waals surface area contributed by atoms with Gasteiger partial charge in [-0.05, 0) is 25.1 Å². The van der Waals surface area contributed by atoms with Gasteiger partial charge >= 0.3 is 0 Å². The number of benzene rings is 1. The van der Waals surface area contributed by atoms with Crippen LogP contribution in [-0.4, -0.2) is 34.7 Å². The summed E-state index contributed by atoms with van der Waals surface area (Å²) in [6, 6.07) is 5.09. The van der Waals surface area contributed by atoms with Gasteiger partial charge in [0.1, 0.15) is 11.6 Å². The van der Waals surface area contributed by atoms with Gasteiger partial charge in [0, 0.05) is 12.6 Å². The molecule has 1 amide bonds. The fourth-order valence-electron chi connectivity index (χ4n) is 2.08. The second kappa shape index (κ2) is 4.93. The van der Waals surface area contributed by atoms with Crippen molar-refractivity contribution in [3.8, 4) is 17.2 Å². The standard InChI is InChI=1S/C14H14N4O3/c1-8-16-7-12-18(8)17-14(21-12)10-5-4-9(13(19)15-2)6-11(10)20-3/h4-7H,1-3H3,(H,15,19). The first-order chi connectivity index (χ1) is 10.1. The predicted molar refractivity (Wildman–Crippen MR) is 75.4 cm³/mol. The van der Waals surface area contributed by atoms with Gasteiger partial charge in [0.05, 0.1) is 18.9 Å². The van der Waals surface area contributed by atoms with Crippen LogP contribution in [-0.2, 0) is 0 Å². The van der Waals surface area contributed by atoms with E-state index in [1.807, 2.05) is 6.92 Å². The number of carbonyl (C=O) groups is 1. The number of aryl methyl sites for hydroxylation is 1. The Hall–Kier alpha value is -2.83. The van der Waals surface area contributed by atoms with Crippen LogP contribution in [0.1, 0.15) is 16.2 Å². The molecule has 0 saturated heterocycles. The Morgan fingerprint density at radius 3 is 2.90 bits per heavy atom. The number of hydrogen-bond acceptors (Lipinski definition) is 5. The number of nitrogens with one attached hydrogen (secondary N) is 1. The van der Waals surface area contributed by atoms with Crippen LogP contribution in [0.3, 0.4) is 0 Å². The van der Waals surface area contributed by atoms with Gasteiger partial charge in [0.15, 0.2) is 0 Å². The number of methoxy groups -OCH3 is 1. The Kier molecular flexibility index (Phi) is 3.09. The highest BCUT2D eigenvalue weighted by atomic mass is 16.5. The summed E-state index contributed by atoms with van der Waals surface area (Å²) in [4.78, 5) is 15.8. The van der Waals surface area contributed by atoms with Crippen LogP contribution < -0.4 is 10.1 Å². The molecule has 21 heavy (non-hydrogen) atoms. The SMILES string of the molecule is CNC(=O)c1ccc(-c2nn3c(C)ncc3o2)c(OC)c1. The second-order valence-corrected chi connectivity index (χ2v) is 4.46. The largest absolute Gasteiger partial charge is 0.496 e. The molecule has 2 heterocycles. The molecule has 0 aliphatic heterocycles. The Labute approximate surface area is 120 Å². The van der Waals surface area contributed by atoms with Crippen molar-refractivity contribution in [3.63, 3.8) is 0 Å². The molecule has 3 aromatic rings. The van der Waals surface area contributed by atoms with Crippen molar-refractivity contribution < 1.29 is 13.9 Å². The third-order valence-electron chi connectivity index (χ3n) is 3.19. The highest BCUT2D eigenvalue weighted by molar-refractivity contribution is 5.95. The van der Waals surface area contributed by atoms with Gasteiger partial charge in [-0.1, -0.05) is 0 Å². The first-order valence-corrected chi connectivity index (χ1v) is 6.35. The van der Waals surface area contributed by atoms with E-state index in [9.17, 15) is 4.79 Å². The number of ether oxygens (including phenoxy) is 1. The number of amides is 1. The summed E-state index contributed by atoms with van der Waals surface area (Å²) in [5, 5.41) is 6.92. The second-order valence-electron chi connectivity index (χ2n) is 4.46. The van der Waals surface area contributed by atoms with Crippen molar-refractivity contribution in [2.24, 2.45) is 0 Å². The van der Waals surface area contributed by atoms with Crippen molar-refractivity contribution in [1.29, 1.82) is 0 Å². The fourth-order valence-corrected chi connectivity index (χ4v) is 2.08. The highest BCUT2D eigenvalue weighted by Crippen LogP contribution is 2.30. The molecule has 0 aliphatic carbocycles. The molecule has 2 aromatic heterocycles. The van der Waals surface area contributed by atoms with Crippen molar-refractivity contribution >= 4 is 11.6 Å². The van der Waals surface area contributed by atoms with Gasteiger partial charge in [0.2, 0.25) is 11.6 Å². The van der Waals surface area contributed by atoms with Crippen LogP contribution >= 0.6 is 0 Å². The predicted octanol–water partition coefficient (Wildman–Crippen LogP) is 1.67. The maximum Gasteiger partial charge on any atom is 0.251 e. The Morgan fingerprint density at radius 1 is 1.43 bits per heavy atom. The third kappa shape index (κ3) is 2.12. The normalized spacial score (nSPS) is 10.8. The number of imidazole rings is 1. The lowest BCUT2D eigenvalue weighted by Crippen LogP contribution is -2.17. The summed E-state index contributed by atoms with van der Waals surface area (Å²) in [6.07, 6.45) is 1.61. The molecule has 0 saturated carbocycles. The molecule has 0 aliphatic rings. The summed E-state index contributed by atoms with van der Waals surface area (Å²) in [6.45, 7) is 1.84. The summed E-state index contributed by atoms with van der Waals surface area (Å²) in [5.74, 6) is 1.49. The molecule has 3 rings (SSSR count). The average Bonchev–Trinajstić information content (AvgIpc) is 3.08. The molecule has 0 spiro atoms. The molecule has 108 valence electrons. The van der Waals surface area contributed by atoms with Crippen molar-refractivity contribution in [2.75, 3.05) is 14.2 Å². The highest BCUT2D eigenvalue weighted by Gasteiger charge is 2.16. The molecule has 0 unspecified atom stereocenters. The molecule has 0 atom stereocenters. The maximum atomic E-state index is 11.7. The third-order valence-corrected chi connectivity index (χ3v) is 3.19.